The number of thioether (sulfide) groups is 1. The molecular formula is C11H17NO2S2. The van der Waals surface area contributed by atoms with E-state index in [1.54, 1.807) is 28.0 Å². The van der Waals surface area contributed by atoms with Crippen LogP contribution in [0.5, 0.6) is 0 Å². The van der Waals surface area contributed by atoms with Gasteiger partial charge in [0.1, 0.15) is 0 Å². The molecule has 1 N–H and O–H groups in total. The minimum atomic E-state index is 0.0214. The molecule has 90 valence electrons. The number of thiophene rings is 1. The number of carbonyl (C=O) groups is 1. The van der Waals surface area contributed by atoms with E-state index in [0.29, 0.717) is 12.3 Å². The first-order valence-electron chi connectivity index (χ1n) is 5.21. The van der Waals surface area contributed by atoms with Gasteiger partial charge < -0.3 is 10.0 Å². The Kier molecular flexibility index (Phi) is 5.87. The highest BCUT2D eigenvalue weighted by molar-refractivity contribution is 8.01. The van der Waals surface area contributed by atoms with Crippen LogP contribution in [0.3, 0.4) is 0 Å². The molecule has 0 atom stereocenters. The van der Waals surface area contributed by atoms with Gasteiger partial charge in [0.15, 0.2) is 0 Å². The maximum atomic E-state index is 11.9. The summed E-state index contributed by atoms with van der Waals surface area (Å²) < 4.78 is 1.15. The largest absolute Gasteiger partial charge is 0.395 e. The molecule has 0 aliphatic carbocycles. The Balaban J connectivity index is 2.43. The summed E-state index contributed by atoms with van der Waals surface area (Å²) in [4.78, 5) is 13.6. The zero-order chi connectivity index (χ0) is 12.0. The zero-order valence-electron chi connectivity index (χ0n) is 9.55. The molecule has 0 unspecified atom stereocenters. The van der Waals surface area contributed by atoms with Crippen molar-refractivity contribution in [3.8, 4) is 0 Å². The predicted octanol–water partition coefficient (Wildman–Crippen LogP) is 2.07. The van der Waals surface area contributed by atoms with E-state index in [1.807, 2.05) is 31.4 Å². The van der Waals surface area contributed by atoms with E-state index in [9.17, 15) is 4.79 Å². The first-order chi connectivity index (χ1) is 7.65. The number of aliphatic hydroxyl groups excluding tert-OH is 1. The number of carbonyl (C=O) groups excluding carboxylic acids is 1. The van der Waals surface area contributed by atoms with Gasteiger partial charge in [-0.3, -0.25) is 4.79 Å². The van der Waals surface area contributed by atoms with Crippen molar-refractivity contribution >= 4 is 29.0 Å². The van der Waals surface area contributed by atoms with Crippen molar-refractivity contribution in [3.05, 3.63) is 17.5 Å². The van der Waals surface area contributed by atoms with E-state index < -0.39 is 0 Å². The van der Waals surface area contributed by atoms with Crippen molar-refractivity contribution in [2.75, 3.05) is 18.9 Å². The normalized spacial score (nSPS) is 10.8. The minimum absolute atomic E-state index is 0.0214. The van der Waals surface area contributed by atoms with Gasteiger partial charge in [-0.05, 0) is 25.3 Å². The summed E-state index contributed by atoms with van der Waals surface area (Å²) in [5.74, 6) is 0.529. The molecule has 1 aromatic heterocycles. The van der Waals surface area contributed by atoms with E-state index in [1.165, 1.54) is 0 Å². The smallest absolute Gasteiger partial charge is 0.233 e. The molecule has 0 saturated heterocycles. The standard InChI is InChI=1S/C11H17NO2S2/c1-9(2)12(5-6-13)10(14)8-16-11-4-3-7-15-11/h3-4,7,9,13H,5-6,8H2,1-2H3. The number of nitrogens with zero attached hydrogens (tertiary/aromatic N) is 1. The lowest BCUT2D eigenvalue weighted by Crippen LogP contribution is -2.40. The van der Waals surface area contributed by atoms with Gasteiger partial charge in [0, 0.05) is 12.6 Å². The second-order valence-electron chi connectivity index (χ2n) is 3.63. The summed E-state index contributed by atoms with van der Waals surface area (Å²) in [6.45, 7) is 4.36. The van der Waals surface area contributed by atoms with Gasteiger partial charge in [-0.25, -0.2) is 0 Å². The predicted molar refractivity (Wildman–Crippen MR) is 69.0 cm³/mol. The van der Waals surface area contributed by atoms with E-state index in [2.05, 4.69) is 0 Å². The van der Waals surface area contributed by atoms with Crippen LogP contribution in [0.4, 0.5) is 0 Å². The van der Waals surface area contributed by atoms with Crippen LogP contribution in [0.15, 0.2) is 21.7 Å². The lowest BCUT2D eigenvalue weighted by atomic mass is 10.3. The van der Waals surface area contributed by atoms with Crippen LogP contribution in [0.1, 0.15) is 13.8 Å². The van der Waals surface area contributed by atoms with Crippen molar-refractivity contribution in [2.24, 2.45) is 0 Å². The average Bonchev–Trinajstić information content (AvgIpc) is 2.75. The highest BCUT2D eigenvalue weighted by Gasteiger charge is 2.16. The molecule has 0 bridgehead atoms. The monoisotopic (exact) mass is 259 g/mol. The van der Waals surface area contributed by atoms with Gasteiger partial charge in [0.05, 0.1) is 16.6 Å². The molecule has 0 aromatic carbocycles. The summed E-state index contributed by atoms with van der Waals surface area (Å²) in [6.07, 6.45) is 0. The van der Waals surface area contributed by atoms with Crippen LogP contribution in [0.2, 0.25) is 0 Å². The highest BCUT2D eigenvalue weighted by atomic mass is 32.2. The maximum Gasteiger partial charge on any atom is 0.233 e. The fraction of sp³-hybridized carbons (Fsp3) is 0.545. The van der Waals surface area contributed by atoms with Gasteiger partial charge in [-0.15, -0.1) is 23.1 Å². The van der Waals surface area contributed by atoms with Gasteiger partial charge in [0.25, 0.3) is 0 Å². The van der Waals surface area contributed by atoms with Crippen LogP contribution in [0.25, 0.3) is 0 Å². The second-order valence-corrected chi connectivity index (χ2v) is 5.85. The Hall–Kier alpha value is -0.520. The van der Waals surface area contributed by atoms with Gasteiger partial charge in [0.2, 0.25) is 5.91 Å². The summed E-state index contributed by atoms with van der Waals surface area (Å²) in [5, 5.41) is 10.9. The SMILES string of the molecule is CC(C)N(CCO)C(=O)CSc1cccs1. The third-order valence-corrected chi connectivity index (χ3v) is 4.23. The Morgan fingerprint density at radius 1 is 1.62 bits per heavy atom. The zero-order valence-corrected chi connectivity index (χ0v) is 11.2. The summed E-state index contributed by atoms with van der Waals surface area (Å²) in [6, 6.07) is 4.13. The number of hydrogen-bond donors (Lipinski definition) is 1. The molecule has 0 aliphatic heterocycles. The number of hydrogen-bond acceptors (Lipinski definition) is 4. The topological polar surface area (TPSA) is 40.5 Å². The van der Waals surface area contributed by atoms with Gasteiger partial charge >= 0.3 is 0 Å². The summed E-state index contributed by atoms with van der Waals surface area (Å²) in [5.41, 5.74) is 0. The molecular weight excluding hydrogens is 242 g/mol. The van der Waals surface area contributed by atoms with Crippen molar-refractivity contribution in [3.63, 3.8) is 0 Å². The van der Waals surface area contributed by atoms with E-state index in [4.69, 9.17) is 5.11 Å². The molecule has 16 heavy (non-hydrogen) atoms. The van der Waals surface area contributed by atoms with Gasteiger partial charge in [-0.2, -0.15) is 0 Å². The first-order valence-corrected chi connectivity index (χ1v) is 7.08. The first kappa shape index (κ1) is 13.5. The molecule has 1 aromatic rings. The molecule has 1 heterocycles. The number of rotatable bonds is 6. The third kappa shape index (κ3) is 4.15. The number of amides is 1. The van der Waals surface area contributed by atoms with Crippen molar-refractivity contribution in [1.29, 1.82) is 0 Å². The fourth-order valence-corrected chi connectivity index (χ4v) is 3.01. The van der Waals surface area contributed by atoms with Crippen molar-refractivity contribution in [2.45, 2.75) is 24.1 Å². The van der Waals surface area contributed by atoms with E-state index in [-0.39, 0.29) is 18.6 Å². The molecule has 0 fully saturated rings. The van der Waals surface area contributed by atoms with Crippen LogP contribution in [0, 0.1) is 0 Å². The van der Waals surface area contributed by atoms with Crippen LogP contribution < -0.4 is 0 Å². The molecule has 3 nitrogen and oxygen atoms in total. The highest BCUT2D eigenvalue weighted by Crippen LogP contribution is 2.23. The lowest BCUT2D eigenvalue weighted by Gasteiger charge is -2.25. The molecule has 0 radical (unpaired) electrons. The molecule has 0 aliphatic rings. The molecule has 0 saturated carbocycles. The van der Waals surface area contributed by atoms with Crippen molar-refractivity contribution in [1.82, 2.24) is 4.90 Å². The average molecular weight is 259 g/mol. The van der Waals surface area contributed by atoms with Gasteiger partial charge in [-0.1, -0.05) is 6.07 Å². The minimum Gasteiger partial charge on any atom is -0.395 e. The quantitative estimate of drug-likeness (QED) is 0.795. The Bertz CT molecular complexity index is 312. The van der Waals surface area contributed by atoms with Crippen LogP contribution >= 0.6 is 23.1 Å². The van der Waals surface area contributed by atoms with Crippen molar-refractivity contribution < 1.29 is 9.90 Å². The number of aliphatic hydroxyl groups is 1. The molecule has 1 rings (SSSR count). The molecule has 5 heteroatoms. The summed E-state index contributed by atoms with van der Waals surface area (Å²) in [7, 11) is 0. The molecule has 0 spiro atoms. The lowest BCUT2D eigenvalue weighted by molar-refractivity contribution is -0.130. The fourth-order valence-electron chi connectivity index (χ4n) is 1.34. The third-order valence-electron chi connectivity index (χ3n) is 2.12. The summed E-state index contributed by atoms with van der Waals surface area (Å²) >= 11 is 3.19. The Morgan fingerprint density at radius 3 is 2.88 bits per heavy atom. The molecule has 1 amide bonds. The van der Waals surface area contributed by atoms with Crippen LogP contribution in [-0.2, 0) is 4.79 Å². The van der Waals surface area contributed by atoms with Crippen LogP contribution in [-0.4, -0.2) is 40.9 Å². The Morgan fingerprint density at radius 2 is 2.38 bits per heavy atom. The van der Waals surface area contributed by atoms with E-state index >= 15 is 0 Å². The van der Waals surface area contributed by atoms with E-state index in [0.717, 1.165) is 4.21 Å². The second kappa shape index (κ2) is 6.93. The maximum absolute atomic E-state index is 11.9. The Labute approximate surface area is 104 Å².